The number of hydrogen-bond acceptors (Lipinski definition) is 5. The molecule has 2 unspecified atom stereocenters. The van der Waals surface area contributed by atoms with Crippen molar-refractivity contribution in [2.45, 2.75) is 82.8 Å². The molecule has 3 amide bonds. The van der Waals surface area contributed by atoms with Crippen molar-refractivity contribution in [1.82, 2.24) is 20.5 Å². The van der Waals surface area contributed by atoms with Crippen LogP contribution < -0.4 is 20.7 Å². The molecule has 9 heteroatoms. The van der Waals surface area contributed by atoms with Gasteiger partial charge >= 0.3 is 0 Å². The zero-order valence-electron chi connectivity index (χ0n) is 22.8. The molecule has 3 atom stereocenters. The fourth-order valence-electron chi connectivity index (χ4n) is 6.13. The first-order chi connectivity index (χ1) is 18.2. The third-order valence-corrected chi connectivity index (χ3v) is 8.07. The molecule has 1 spiro atoms. The summed E-state index contributed by atoms with van der Waals surface area (Å²) >= 11 is 0. The summed E-state index contributed by atoms with van der Waals surface area (Å²) in [6.45, 7) is 3.94. The van der Waals surface area contributed by atoms with Crippen molar-refractivity contribution in [3.8, 4) is 5.75 Å². The summed E-state index contributed by atoms with van der Waals surface area (Å²) in [6.07, 6.45) is 7.38. The second-order valence-electron chi connectivity index (χ2n) is 11.4. The molecule has 9 nitrogen and oxygen atoms in total. The number of hydrogen-bond donors (Lipinski definition) is 3. The highest BCUT2D eigenvalue weighted by Gasteiger charge is 2.45. The maximum Gasteiger partial charge on any atom is 0.268 e. The van der Waals surface area contributed by atoms with Gasteiger partial charge in [-0.3, -0.25) is 14.4 Å². The van der Waals surface area contributed by atoms with E-state index in [-0.39, 0.29) is 35.6 Å². The first-order valence-corrected chi connectivity index (χ1v) is 13.7. The van der Waals surface area contributed by atoms with Crippen LogP contribution in [0.15, 0.2) is 24.3 Å². The molecular formula is C29H40N4O5. The van der Waals surface area contributed by atoms with Crippen LogP contribution in [0.5, 0.6) is 5.75 Å². The van der Waals surface area contributed by atoms with Gasteiger partial charge in [-0.25, -0.2) is 0 Å². The van der Waals surface area contributed by atoms with E-state index in [2.05, 4.69) is 16.0 Å². The zero-order chi connectivity index (χ0) is 27.4. The van der Waals surface area contributed by atoms with Crippen LogP contribution in [-0.2, 0) is 21.4 Å². The number of methoxy groups -OCH3 is 1. The van der Waals surface area contributed by atoms with Gasteiger partial charge in [-0.1, -0.05) is 39.2 Å². The number of nitrogens with zero attached hydrogens (tertiary/aromatic N) is 1. The summed E-state index contributed by atoms with van der Waals surface area (Å²) in [5, 5.41) is 9.66. The average Bonchev–Trinajstić information content (AvgIpc) is 3.38. The highest BCUT2D eigenvalue weighted by molar-refractivity contribution is 6.02. The van der Waals surface area contributed by atoms with Crippen LogP contribution in [0.1, 0.15) is 75.7 Å². The van der Waals surface area contributed by atoms with Crippen LogP contribution in [0, 0.1) is 11.8 Å². The van der Waals surface area contributed by atoms with E-state index < -0.39 is 18.0 Å². The number of rotatable bonds is 10. The fraction of sp³-hybridized carbons (Fsp3) is 0.586. The van der Waals surface area contributed by atoms with Crippen LogP contribution in [0.3, 0.4) is 0 Å². The first-order valence-electron chi connectivity index (χ1n) is 13.7. The molecule has 2 fully saturated rings. The quantitative estimate of drug-likeness (QED) is 0.413. The Labute approximate surface area is 224 Å². The number of nitrogens with one attached hydrogen (secondary N) is 3. The first kappa shape index (κ1) is 27.7. The van der Waals surface area contributed by atoms with Gasteiger partial charge in [0.15, 0.2) is 0 Å². The van der Waals surface area contributed by atoms with E-state index >= 15 is 0 Å². The summed E-state index contributed by atoms with van der Waals surface area (Å²) in [7, 11) is 3.38. The van der Waals surface area contributed by atoms with Crippen molar-refractivity contribution in [2.24, 2.45) is 18.9 Å². The van der Waals surface area contributed by atoms with Gasteiger partial charge in [0.05, 0.1) is 18.7 Å². The molecule has 0 radical (unpaired) electrons. The van der Waals surface area contributed by atoms with Gasteiger partial charge in [-0.05, 0) is 56.2 Å². The molecule has 2 heterocycles. The monoisotopic (exact) mass is 524 g/mol. The molecule has 1 aromatic carbocycles. The predicted molar refractivity (Wildman–Crippen MR) is 145 cm³/mol. The second-order valence-corrected chi connectivity index (χ2v) is 11.4. The van der Waals surface area contributed by atoms with E-state index in [1.807, 2.05) is 32.0 Å². The summed E-state index contributed by atoms with van der Waals surface area (Å²) in [5.74, 6) is -0.373. The second kappa shape index (κ2) is 11.6. The van der Waals surface area contributed by atoms with Crippen molar-refractivity contribution in [3.63, 3.8) is 0 Å². The number of aromatic nitrogens is 1. The molecule has 1 saturated heterocycles. The molecule has 2 aromatic rings. The number of carbonyl (C=O) groups excluding carboxylic acids is 4. The Morgan fingerprint density at radius 3 is 2.61 bits per heavy atom. The summed E-state index contributed by atoms with van der Waals surface area (Å²) < 4.78 is 7.20. The summed E-state index contributed by atoms with van der Waals surface area (Å²) in [5.41, 5.74) is 1.08. The van der Waals surface area contributed by atoms with Gasteiger partial charge < -0.3 is 30.0 Å². The van der Waals surface area contributed by atoms with Gasteiger partial charge in [0, 0.05) is 23.9 Å². The number of aldehydes is 1. The molecule has 3 N–H and O–H groups in total. The van der Waals surface area contributed by atoms with Gasteiger partial charge in [-0.2, -0.15) is 0 Å². The Kier molecular flexibility index (Phi) is 8.43. The largest absolute Gasteiger partial charge is 0.496 e. The number of fused-ring (bicyclic) bond motifs is 1. The predicted octanol–water partition coefficient (Wildman–Crippen LogP) is 3.24. The average molecular weight is 525 g/mol. The smallest absolute Gasteiger partial charge is 0.268 e. The molecule has 1 aliphatic heterocycles. The normalized spacial score (nSPS) is 20.2. The third kappa shape index (κ3) is 5.87. The van der Waals surface area contributed by atoms with Crippen molar-refractivity contribution >= 4 is 34.9 Å². The van der Waals surface area contributed by atoms with E-state index in [0.717, 1.165) is 36.6 Å². The molecule has 4 rings (SSSR count). The highest BCUT2D eigenvalue weighted by atomic mass is 16.5. The lowest BCUT2D eigenvalue weighted by Crippen LogP contribution is -2.51. The summed E-state index contributed by atoms with van der Waals surface area (Å²) in [6, 6.07) is 5.72. The molecule has 2 aliphatic rings. The van der Waals surface area contributed by atoms with Gasteiger partial charge in [-0.15, -0.1) is 0 Å². The van der Waals surface area contributed by atoms with Crippen LogP contribution in [0.25, 0.3) is 10.9 Å². The zero-order valence-corrected chi connectivity index (χ0v) is 22.8. The minimum absolute atomic E-state index is 0.0359. The Balaban J connectivity index is 1.44. The number of aryl methyl sites for hydroxylation is 1. The fourth-order valence-corrected chi connectivity index (χ4v) is 6.13. The Hall–Kier alpha value is -3.36. The van der Waals surface area contributed by atoms with E-state index in [0.29, 0.717) is 30.6 Å². The van der Waals surface area contributed by atoms with E-state index in [1.165, 1.54) is 6.42 Å². The van der Waals surface area contributed by atoms with Crippen molar-refractivity contribution in [3.05, 3.63) is 30.0 Å². The maximum absolute atomic E-state index is 13.3. The molecule has 1 aromatic heterocycles. The minimum Gasteiger partial charge on any atom is -0.496 e. The molecule has 1 aliphatic carbocycles. The van der Waals surface area contributed by atoms with Crippen LogP contribution in [0.4, 0.5) is 0 Å². The SMILES string of the molecule is COc1cccc2c1cc(C(=O)N[C@@H](CC(C)C)C(=O)NC(C=O)CC1CC3(CCCCC3)NC1=O)n2C. The van der Waals surface area contributed by atoms with Crippen LogP contribution in [-0.4, -0.2) is 53.3 Å². The van der Waals surface area contributed by atoms with Gasteiger partial charge in [0.1, 0.15) is 23.8 Å². The Morgan fingerprint density at radius 1 is 1.21 bits per heavy atom. The summed E-state index contributed by atoms with van der Waals surface area (Å²) in [4.78, 5) is 51.3. The van der Waals surface area contributed by atoms with Crippen molar-refractivity contribution < 1.29 is 23.9 Å². The van der Waals surface area contributed by atoms with Crippen molar-refractivity contribution in [1.29, 1.82) is 0 Å². The molecule has 38 heavy (non-hydrogen) atoms. The lowest BCUT2D eigenvalue weighted by Gasteiger charge is -2.33. The van der Waals surface area contributed by atoms with E-state index in [4.69, 9.17) is 4.74 Å². The van der Waals surface area contributed by atoms with Crippen LogP contribution in [0.2, 0.25) is 0 Å². The standard InChI is InChI=1S/C29H40N4O5/c1-18(2)13-22(31-28(37)24-15-21-23(33(24)3)9-8-10-25(21)38-4)27(36)30-20(17-34)14-19-16-29(32-26(19)35)11-6-5-7-12-29/h8-10,15,17-20,22H,5-7,11-14,16H2,1-4H3,(H,30,36)(H,31,37)(H,32,35)/t19?,20?,22-/m0/s1. The Bertz CT molecular complexity index is 1200. The highest BCUT2D eigenvalue weighted by Crippen LogP contribution is 2.39. The number of amides is 3. The van der Waals surface area contributed by atoms with Crippen molar-refractivity contribution in [2.75, 3.05) is 7.11 Å². The van der Waals surface area contributed by atoms with Gasteiger partial charge in [0.25, 0.3) is 5.91 Å². The number of carbonyl (C=O) groups is 4. The number of ether oxygens (including phenoxy) is 1. The third-order valence-electron chi connectivity index (χ3n) is 8.07. The molecule has 0 bridgehead atoms. The molecule has 1 saturated carbocycles. The van der Waals surface area contributed by atoms with E-state index in [1.54, 1.807) is 24.8 Å². The van der Waals surface area contributed by atoms with Crippen LogP contribution >= 0.6 is 0 Å². The number of benzene rings is 1. The Morgan fingerprint density at radius 2 is 1.95 bits per heavy atom. The van der Waals surface area contributed by atoms with E-state index in [9.17, 15) is 19.2 Å². The molecule has 206 valence electrons. The lowest BCUT2D eigenvalue weighted by atomic mass is 9.78. The molecular weight excluding hydrogens is 484 g/mol. The lowest BCUT2D eigenvalue weighted by molar-refractivity contribution is -0.127. The maximum atomic E-state index is 13.3. The van der Waals surface area contributed by atoms with Gasteiger partial charge in [0.2, 0.25) is 11.8 Å². The minimum atomic E-state index is -0.827. The topological polar surface area (TPSA) is 119 Å².